The summed E-state index contributed by atoms with van der Waals surface area (Å²) in [7, 11) is 1.94. The number of carbonyl (C=O) groups excluding carboxylic acids is 3. The van der Waals surface area contributed by atoms with Crippen molar-refractivity contribution in [1.82, 2.24) is 20.3 Å². The largest absolute Gasteiger partial charge is 0.350 e. The molecule has 34 heavy (non-hydrogen) atoms. The standard InChI is InChI=1S/C26H21FN4O3/c1-30-14-21(18-9-4-5-12-22(18)30)24-19-10-2-3-11-20(19)26(34)31(24)15-23(32)28-29-25(33)16-7-6-8-17(27)13-16/h2-14,24H,15H2,1H3,(H,28,32)(H,29,33). The number of carbonyl (C=O) groups is 3. The molecule has 0 bridgehead atoms. The lowest BCUT2D eigenvalue weighted by Crippen LogP contribution is -2.47. The maximum absolute atomic E-state index is 13.4. The van der Waals surface area contributed by atoms with Gasteiger partial charge >= 0.3 is 0 Å². The van der Waals surface area contributed by atoms with Crippen LogP contribution in [0.1, 0.15) is 37.9 Å². The molecule has 7 nitrogen and oxygen atoms in total. The molecule has 1 aromatic heterocycles. The molecule has 3 amide bonds. The monoisotopic (exact) mass is 456 g/mol. The average Bonchev–Trinajstić information content (AvgIpc) is 3.31. The van der Waals surface area contributed by atoms with Crippen LogP contribution >= 0.6 is 0 Å². The molecule has 3 aromatic carbocycles. The van der Waals surface area contributed by atoms with Crippen molar-refractivity contribution < 1.29 is 18.8 Å². The third-order valence-corrected chi connectivity index (χ3v) is 6.00. The summed E-state index contributed by atoms with van der Waals surface area (Å²) in [6.45, 7) is -0.273. The zero-order valence-corrected chi connectivity index (χ0v) is 18.3. The van der Waals surface area contributed by atoms with Crippen LogP contribution in [0.25, 0.3) is 10.9 Å². The zero-order valence-electron chi connectivity index (χ0n) is 18.3. The molecule has 2 heterocycles. The van der Waals surface area contributed by atoms with Gasteiger partial charge in [-0.15, -0.1) is 0 Å². The van der Waals surface area contributed by atoms with E-state index in [1.807, 2.05) is 54.2 Å². The van der Waals surface area contributed by atoms with Gasteiger partial charge in [-0.05, 0) is 35.9 Å². The van der Waals surface area contributed by atoms with Gasteiger partial charge in [0, 0.05) is 40.8 Å². The first kappa shape index (κ1) is 21.4. The second kappa shape index (κ2) is 8.47. The number of halogens is 1. The number of rotatable bonds is 4. The molecular formula is C26H21FN4O3. The van der Waals surface area contributed by atoms with Crippen LogP contribution in [0, 0.1) is 5.82 Å². The predicted molar refractivity (Wildman–Crippen MR) is 124 cm³/mol. The number of nitrogens with zero attached hydrogens (tertiary/aromatic N) is 2. The highest BCUT2D eigenvalue weighted by atomic mass is 19.1. The van der Waals surface area contributed by atoms with Crippen LogP contribution in [0.3, 0.4) is 0 Å². The quantitative estimate of drug-likeness (QED) is 0.462. The Kier molecular flexibility index (Phi) is 5.33. The van der Waals surface area contributed by atoms with E-state index in [4.69, 9.17) is 0 Å². The maximum Gasteiger partial charge on any atom is 0.269 e. The van der Waals surface area contributed by atoms with Crippen molar-refractivity contribution in [2.24, 2.45) is 7.05 Å². The first-order valence-corrected chi connectivity index (χ1v) is 10.7. The number of hydrogen-bond donors (Lipinski definition) is 2. The molecule has 1 aliphatic rings. The summed E-state index contributed by atoms with van der Waals surface area (Å²) >= 11 is 0. The number of aromatic nitrogens is 1. The average molecular weight is 456 g/mol. The number of benzene rings is 3. The summed E-state index contributed by atoms with van der Waals surface area (Å²) in [6, 6.07) is 19.9. The van der Waals surface area contributed by atoms with Gasteiger partial charge in [-0.3, -0.25) is 25.2 Å². The fourth-order valence-electron chi connectivity index (χ4n) is 4.48. The van der Waals surface area contributed by atoms with Crippen molar-refractivity contribution in [2.75, 3.05) is 6.54 Å². The third-order valence-electron chi connectivity index (χ3n) is 6.00. The first-order valence-electron chi connectivity index (χ1n) is 10.7. The van der Waals surface area contributed by atoms with Crippen LogP contribution < -0.4 is 10.9 Å². The predicted octanol–water partition coefficient (Wildman–Crippen LogP) is 3.32. The summed E-state index contributed by atoms with van der Waals surface area (Å²) in [5, 5.41) is 0.990. The smallest absolute Gasteiger partial charge is 0.269 e. The van der Waals surface area contributed by atoms with Gasteiger partial charge in [0.2, 0.25) is 0 Å². The van der Waals surface area contributed by atoms with Crippen LogP contribution in [-0.4, -0.2) is 33.7 Å². The second-order valence-electron chi connectivity index (χ2n) is 8.15. The van der Waals surface area contributed by atoms with Crippen LogP contribution in [0.2, 0.25) is 0 Å². The Labute approximate surface area is 194 Å². The SMILES string of the molecule is Cn1cc(C2c3ccccc3C(=O)N2CC(=O)NNC(=O)c2cccc(F)c2)c2ccccc21. The number of aryl methyl sites for hydroxylation is 1. The third kappa shape index (κ3) is 3.69. The van der Waals surface area contributed by atoms with Crippen molar-refractivity contribution in [3.05, 3.63) is 107 Å². The molecule has 1 aliphatic heterocycles. The Morgan fingerprint density at radius 3 is 2.53 bits per heavy atom. The van der Waals surface area contributed by atoms with E-state index in [-0.39, 0.29) is 18.0 Å². The molecule has 0 saturated carbocycles. The van der Waals surface area contributed by atoms with Gasteiger partial charge < -0.3 is 9.47 Å². The van der Waals surface area contributed by atoms with Gasteiger partial charge in [-0.25, -0.2) is 4.39 Å². The van der Waals surface area contributed by atoms with E-state index in [9.17, 15) is 18.8 Å². The summed E-state index contributed by atoms with van der Waals surface area (Å²) < 4.78 is 15.4. The Balaban J connectivity index is 1.41. The summed E-state index contributed by atoms with van der Waals surface area (Å²) in [6.07, 6.45) is 1.97. The van der Waals surface area contributed by atoms with Crippen LogP contribution in [0.15, 0.2) is 79.0 Å². The minimum atomic E-state index is -0.658. The Morgan fingerprint density at radius 1 is 0.941 bits per heavy atom. The minimum Gasteiger partial charge on any atom is -0.350 e. The molecule has 0 aliphatic carbocycles. The fourth-order valence-corrected chi connectivity index (χ4v) is 4.48. The topological polar surface area (TPSA) is 83.4 Å². The summed E-state index contributed by atoms with van der Waals surface area (Å²) in [5.74, 6) is -2.05. The Bertz CT molecular complexity index is 1450. The molecule has 0 fully saturated rings. The van der Waals surface area contributed by atoms with E-state index in [1.165, 1.54) is 23.1 Å². The van der Waals surface area contributed by atoms with Gasteiger partial charge in [0.05, 0.1) is 6.04 Å². The molecule has 4 aromatic rings. The Morgan fingerprint density at radius 2 is 1.71 bits per heavy atom. The molecule has 0 saturated heterocycles. The van der Waals surface area contributed by atoms with Crippen LogP contribution in [0.4, 0.5) is 4.39 Å². The van der Waals surface area contributed by atoms with Crippen LogP contribution in [-0.2, 0) is 11.8 Å². The number of hydrogen-bond acceptors (Lipinski definition) is 3. The van der Waals surface area contributed by atoms with E-state index < -0.39 is 23.7 Å². The van der Waals surface area contributed by atoms with E-state index in [1.54, 1.807) is 12.1 Å². The lowest BCUT2D eigenvalue weighted by molar-refractivity contribution is -0.122. The van der Waals surface area contributed by atoms with E-state index >= 15 is 0 Å². The van der Waals surface area contributed by atoms with Crippen molar-refractivity contribution in [2.45, 2.75) is 6.04 Å². The highest BCUT2D eigenvalue weighted by molar-refractivity contribution is 6.03. The lowest BCUT2D eigenvalue weighted by atomic mass is 9.97. The first-order chi connectivity index (χ1) is 16.4. The van der Waals surface area contributed by atoms with E-state index in [2.05, 4.69) is 10.9 Å². The van der Waals surface area contributed by atoms with Crippen molar-refractivity contribution >= 4 is 28.6 Å². The highest BCUT2D eigenvalue weighted by Crippen LogP contribution is 2.41. The fraction of sp³-hybridized carbons (Fsp3) is 0.115. The van der Waals surface area contributed by atoms with Gasteiger partial charge in [-0.1, -0.05) is 42.5 Å². The molecule has 2 N–H and O–H groups in total. The lowest BCUT2D eigenvalue weighted by Gasteiger charge is -2.25. The number of hydrazine groups is 1. The van der Waals surface area contributed by atoms with Crippen molar-refractivity contribution in [3.8, 4) is 0 Å². The van der Waals surface area contributed by atoms with Gasteiger partial charge in [0.1, 0.15) is 12.4 Å². The van der Waals surface area contributed by atoms with Gasteiger partial charge in [-0.2, -0.15) is 0 Å². The van der Waals surface area contributed by atoms with E-state index in [0.717, 1.165) is 28.1 Å². The molecule has 170 valence electrons. The summed E-state index contributed by atoms with van der Waals surface area (Å²) in [5.41, 5.74) is 7.96. The molecule has 0 radical (unpaired) electrons. The molecule has 8 heteroatoms. The molecule has 1 atom stereocenters. The van der Waals surface area contributed by atoms with Gasteiger partial charge in [0.25, 0.3) is 17.7 Å². The Hall–Kier alpha value is -4.46. The maximum atomic E-state index is 13.4. The van der Waals surface area contributed by atoms with Gasteiger partial charge in [0.15, 0.2) is 0 Å². The molecular weight excluding hydrogens is 435 g/mol. The molecule has 5 rings (SSSR count). The highest BCUT2D eigenvalue weighted by Gasteiger charge is 2.39. The zero-order chi connectivity index (χ0) is 23.8. The minimum absolute atomic E-state index is 0.0681. The molecule has 0 spiro atoms. The number of amides is 3. The van der Waals surface area contributed by atoms with E-state index in [0.29, 0.717) is 5.56 Å². The molecule has 1 unspecified atom stereocenters. The van der Waals surface area contributed by atoms with Crippen molar-refractivity contribution in [3.63, 3.8) is 0 Å². The number of para-hydroxylation sites is 1. The van der Waals surface area contributed by atoms with Crippen LogP contribution in [0.5, 0.6) is 0 Å². The summed E-state index contributed by atoms with van der Waals surface area (Å²) in [4.78, 5) is 39.7. The number of fused-ring (bicyclic) bond motifs is 2. The second-order valence-corrected chi connectivity index (χ2v) is 8.15. The van der Waals surface area contributed by atoms with Crippen molar-refractivity contribution in [1.29, 1.82) is 0 Å². The normalized spacial score (nSPS) is 14.8. The number of nitrogens with one attached hydrogen (secondary N) is 2.